The molecular weight excluding hydrogens is 352 g/mol. The maximum atomic E-state index is 13.2. The highest BCUT2D eigenvalue weighted by Crippen LogP contribution is 2.27. The van der Waals surface area contributed by atoms with Gasteiger partial charge in [-0.1, -0.05) is 48.5 Å². The molecule has 0 saturated carbocycles. The lowest BCUT2D eigenvalue weighted by atomic mass is 10.0. The van der Waals surface area contributed by atoms with Gasteiger partial charge in [-0.3, -0.25) is 9.59 Å². The van der Waals surface area contributed by atoms with Crippen LogP contribution < -0.4 is 4.90 Å². The van der Waals surface area contributed by atoms with Crippen LogP contribution in [-0.2, 0) is 27.3 Å². The van der Waals surface area contributed by atoms with Crippen molar-refractivity contribution in [3.8, 4) is 0 Å². The SMILES string of the molecule is O=C(CN1C(=O)CCc2ccccc21)N(Cc1ccccc1)C[C@H]1CCCO1. The Morgan fingerprint density at radius 3 is 2.64 bits per heavy atom. The fourth-order valence-corrected chi connectivity index (χ4v) is 4.00. The quantitative estimate of drug-likeness (QED) is 0.776. The predicted octanol–water partition coefficient (Wildman–Crippen LogP) is 3.17. The highest BCUT2D eigenvalue weighted by Gasteiger charge is 2.29. The van der Waals surface area contributed by atoms with E-state index in [0.29, 0.717) is 19.5 Å². The second-order valence-corrected chi connectivity index (χ2v) is 7.50. The van der Waals surface area contributed by atoms with Gasteiger partial charge in [0.05, 0.1) is 6.10 Å². The number of hydrogen-bond donors (Lipinski definition) is 0. The van der Waals surface area contributed by atoms with Gasteiger partial charge >= 0.3 is 0 Å². The van der Waals surface area contributed by atoms with Gasteiger partial charge in [-0.2, -0.15) is 0 Å². The summed E-state index contributed by atoms with van der Waals surface area (Å²) in [5.41, 5.74) is 3.08. The average Bonchev–Trinajstić information content (AvgIpc) is 3.23. The van der Waals surface area contributed by atoms with Crippen LogP contribution in [0.25, 0.3) is 0 Å². The standard InChI is InChI=1S/C23H26N2O3/c26-22-13-12-19-9-4-5-11-21(19)25(22)17-23(27)24(16-20-10-6-14-28-20)15-18-7-2-1-3-8-18/h1-5,7-9,11,20H,6,10,12-17H2/t20-/m1/s1. The topological polar surface area (TPSA) is 49.9 Å². The molecule has 2 heterocycles. The van der Waals surface area contributed by atoms with Gasteiger partial charge in [-0.05, 0) is 36.5 Å². The zero-order valence-electron chi connectivity index (χ0n) is 16.0. The average molecular weight is 378 g/mol. The summed E-state index contributed by atoms with van der Waals surface area (Å²) < 4.78 is 5.76. The van der Waals surface area contributed by atoms with E-state index in [2.05, 4.69) is 0 Å². The molecule has 2 aromatic carbocycles. The minimum Gasteiger partial charge on any atom is -0.376 e. The van der Waals surface area contributed by atoms with Crippen molar-refractivity contribution in [2.24, 2.45) is 0 Å². The third kappa shape index (κ3) is 4.25. The molecule has 0 N–H and O–H groups in total. The molecule has 2 aliphatic rings. The molecule has 5 nitrogen and oxygen atoms in total. The highest BCUT2D eigenvalue weighted by molar-refractivity contribution is 6.01. The van der Waals surface area contributed by atoms with Crippen LogP contribution in [0.4, 0.5) is 5.69 Å². The van der Waals surface area contributed by atoms with Gasteiger partial charge in [-0.25, -0.2) is 0 Å². The molecule has 146 valence electrons. The second kappa shape index (κ2) is 8.57. The Hall–Kier alpha value is -2.66. The van der Waals surface area contributed by atoms with Gasteiger partial charge in [0.15, 0.2) is 0 Å². The maximum Gasteiger partial charge on any atom is 0.243 e. The summed E-state index contributed by atoms with van der Waals surface area (Å²) in [6.45, 7) is 1.94. The molecule has 28 heavy (non-hydrogen) atoms. The van der Waals surface area contributed by atoms with Crippen LogP contribution in [0.5, 0.6) is 0 Å². The fraction of sp³-hybridized carbons (Fsp3) is 0.391. The Balaban J connectivity index is 1.52. The zero-order valence-corrected chi connectivity index (χ0v) is 16.0. The van der Waals surface area contributed by atoms with E-state index in [0.717, 1.165) is 42.7 Å². The van der Waals surface area contributed by atoms with Crippen molar-refractivity contribution in [1.82, 2.24) is 4.90 Å². The molecule has 5 heteroatoms. The molecule has 4 rings (SSSR count). The largest absolute Gasteiger partial charge is 0.376 e. The first-order chi connectivity index (χ1) is 13.7. The number of fused-ring (bicyclic) bond motifs is 1. The summed E-state index contributed by atoms with van der Waals surface area (Å²) in [5.74, 6) is -0.0202. The van der Waals surface area contributed by atoms with E-state index in [4.69, 9.17) is 4.74 Å². The normalized spacial score (nSPS) is 18.8. The number of carbonyl (C=O) groups is 2. The highest BCUT2D eigenvalue weighted by atomic mass is 16.5. The molecular formula is C23H26N2O3. The van der Waals surface area contributed by atoms with Gasteiger partial charge in [0.25, 0.3) is 0 Å². The van der Waals surface area contributed by atoms with Crippen molar-refractivity contribution in [1.29, 1.82) is 0 Å². The number of amides is 2. The van der Waals surface area contributed by atoms with Gasteiger partial charge in [0, 0.05) is 31.8 Å². The monoisotopic (exact) mass is 378 g/mol. The van der Waals surface area contributed by atoms with E-state index >= 15 is 0 Å². The molecule has 0 unspecified atom stereocenters. The van der Waals surface area contributed by atoms with E-state index in [1.54, 1.807) is 4.90 Å². The van der Waals surface area contributed by atoms with Crippen molar-refractivity contribution in [3.63, 3.8) is 0 Å². The second-order valence-electron chi connectivity index (χ2n) is 7.50. The lowest BCUT2D eigenvalue weighted by Crippen LogP contribution is -2.46. The van der Waals surface area contributed by atoms with Crippen LogP contribution in [0, 0.1) is 0 Å². The van der Waals surface area contributed by atoms with Gasteiger partial charge in [0.1, 0.15) is 6.54 Å². The maximum absolute atomic E-state index is 13.2. The fourth-order valence-electron chi connectivity index (χ4n) is 4.00. The first-order valence-electron chi connectivity index (χ1n) is 10.0. The molecule has 0 bridgehead atoms. The molecule has 2 amide bonds. The van der Waals surface area contributed by atoms with Gasteiger partial charge in [0.2, 0.25) is 11.8 Å². The van der Waals surface area contributed by atoms with Crippen LogP contribution in [0.1, 0.15) is 30.4 Å². The van der Waals surface area contributed by atoms with Crippen LogP contribution in [0.3, 0.4) is 0 Å². The number of ether oxygens (including phenoxy) is 1. The number of nitrogens with zero attached hydrogens (tertiary/aromatic N) is 2. The van der Waals surface area contributed by atoms with Crippen molar-refractivity contribution < 1.29 is 14.3 Å². The first kappa shape index (κ1) is 18.7. The van der Waals surface area contributed by atoms with Crippen LogP contribution in [0.2, 0.25) is 0 Å². The van der Waals surface area contributed by atoms with Crippen LogP contribution in [-0.4, -0.2) is 42.5 Å². The van der Waals surface area contributed by atoms with Crippen LogP contribution >= 0.6 is 0 Å². The Morgan fingerprint density at radius 1 is 1.07 bits per heavy atom. The van der Waals surface area contributed by atoms with E-state index < -0.39 is 0 Å². The smallest absolute Gasteiger partial charge is 0.243 e. The third-order valence-corrected chi connectivity index (χ3v) is 5.50. The molecule has 1 saturated heterocycles. The first-order valence-corrected chi connectivity index (χ1v) is 10.0. The number of para-hydroxylation sites is 1. The molecule has 2 aliphatic heterocycles. The Morgan fingerprint density at radius 2 is 1.86 bits per heavy atom. The minimum absolute atomic E-state index is 0.0174. The van der Waals surface area contributed by atoms with Gasteiger partial charge in [-0.15, -0.1) is 0 Å². The number of benzene rings is 2. The molecule has 1 fully saturated rings. The Bertz CT molecular complexity index is 831. The predicted molar refractivity (Wildman–Crippen MR) is 108 cm³/mol. The lowest BCUT2D eigenvalue weighted by Gasteiger charge is -2.32. The van der Waals surface area contributed by atoms with E-state index in [1.807, 2.05) is 59.5 Å². The molecule has 0 aromatic heterocycles. The Labute approximate surface area is 165 Å². The molecule has 1 atom stereocenters. The third-order valence-electron chi connectivity index (χ3n) is 5.50. The molecule has 0 spiro atoms. The van der Waals surface area contributed by atoms with Crippen molar-refractivity contribution in [3.05, 3.63) is 65.7 Å². The number of hydrogen-bond acceptors (Lipinski definition) is 3. The summed E-state index contributed by atoms with van der Waals surface area (Å²) in [5, 5.41) is 0. The van der Waals surface area contributed by atoms with E-state index in [1.165, 1.54) is 0 Å². The van der Waals surface area contributed by atoms with E-state index in [-0.39, 0.29) is 24.5 Å². The summed E-state index contributed by atoms with van der Waals surface area (Å²) >= 11 is 0. The summed E-state index contributed by atoms with van der Waals surface area (Å²) in [6, 6.07) is 17.8. The molecule has 0 radical (unpaired) electrons. The zero-order chi connectivity index (χ0) is 19.3. The number of aryl methyl sites for hydroxylation is 1. The molecule has 2 aromatic rings. The molecule has 0 aliphatic carbocycles. The number of rotatable bonds is 6. The van der Waals surface area contributed by atoms with Crippen molar-refractivity contribution in [2.45, 2.75) is 38.3 Å². The number of anilines is 1. The Kier molecular flexibility index (Phi) is 5.72. The van der Waals surface area contributed by atoms with E-state index in [9.17, 15) is 9.59 Å². The summed E-state index contributed by atoms with van der Waals surface area (Å²) in [4.78, 5) is 29.3. The summed E-state index contributed by atoms with van der Waals surface area (Å²) in [6.07, 6.45) is 3.29. The summed E-state index contributed by atoms with van der Waals surface area (Å²) in [7, 11) is 0. The van der Waals surface area contributed by atoms with Gasteiger partial charge < -0.3 is 14.5 Å². The number of carbonyl (C=O) groups excluding carboxylic acids is 2. The van der Waals surface area contributed by atoms with Crippen LogP contribution in [0.15, 0.2) is 54.6 Å². The minimum atomic E-state index is -0.0376. The lowest BCUT2D eigenvalue weighted by molar-refractivity contribution is -0.133. The van der Waals surface area contributed by atoms with Crippen molar-refractivity contribution >= 4 is 17.5 Å². The van der Waals surface area contributed by atoms with Crippen molar-refractivity contribution in [2.75, 3.05) is 24.6 Å².